The van der Waals surface area contributed by atoms with Crippen LogP contribution < -0.4 is 22.1 Å². The quantitative estimate of drug-likeness (QED) is 0.505. The number of rotatable bonds is 0. The van der Waals surface area contributed by atoms with Crippen LogP contribution in [0.15, 0.2) is 24.3 Å². The number of benzene rings is 2. The molecule has 2 aliphatic heterocycles. The van der Waals surface area contributed by atoms with Crippen LogP contribution in [0.3, 0.4) is 0 Å². The van der Waals surface area contributed by atoms with Gasteiger partial charge in [-0.2, -0.15) is 0 Å². The van der Waals surface area contributed by atoms with Gasteiger partial charge in [-0.25, -0.2) is 13.2 Å². The lowest BCUT2D eigenvalue weighted by Gasteiger charge is -2.08. The van der Waals surface area contributed by atoms with Gasteiger partial charge in [-0.3, -0.25) is 9.59 Å². The highest BCUT2D eigenvalue weighted by atomic mass is 35.5. The normalized spacial score (nSPS) is 20.5. The van der Waals surface area contributed by atoms with E-state index in [4.69, 9.17) is 23.1 Å². The minimum Gasteiger partial charge on any atom is -0.322 e. The van der Waals surface area contributed by atoms with Gasteiger partial charge in [0.1, 0.15) is 17.5 Å². The van der Waals surface area contributed by atoms with Gasteiger partial charge in [-0.15, -0.1) is 0 Å². The zero-order chi connectivity index (χ0) is 22.0. The van der Waals surface area contributed by atoms with E-state index in [0.717, 1.165) is 6.07 Å². The van der Waals surface area contributed by atoms with Crippen molar-refractivity contribution in [2.45, 2.75) is 37.8 Å². The number of nitrogens with two attached hydrogens (primary N) is 2. The van der Waals surface area contributed by atoms with Gasteiger partial charge < -0.3 is 22.1 Å². The fraction of sp³-hybridized carbons (Fsp3) is 0.300. The van der Waals surface area contributed by atoms with Gasteiger partial charge in [0.05, 0.1) is 23.5 Å². The molecule has 0 unspecified atom stereocenters. The van der Waals surface area contributed by atoms with E-state index < -0.39 is 35.4 Å². The van der Waals surface area contributed by atoms with Crippen LogP contribution in [0.25, 0.3) is 0 Å². The smallest absolute Gasteiger partial charge is 0.241 e. The Morgan fingerprint density at radius 1 is 0.800 bits per heavy atom. The number of amides is 2. The summed E-state index contributed by atoms with van der Waals surface area (Å²) in [6, 6.07) is 3.54. The predicted octanol–water partition coefficient (Wildman–Crippen LogP) is 2.87. The summed E-state index contributed by atoms with van der Waals surface area (Å²) in [6.45, 7) is 0. The summed E-state index contributed by atoms with van der Waals surface area (Å²) in [7, 11) is 0. The molecule has 6 N–H and O–H groups in total. The van der Waals surface area contributed by atoms with Crippen molar-refractivity contribution in [1.82, 2.24) is 0 Å². The minimum atomic E-state index is -0.757. The molecule has 0 radical (unpaired) electrons. The average molecular weight is 441 g/mol. The van der Waals surface area contributed by atoms with Gasteiger partial charge in [0.2, 0.25) is 11.8 Å². The number of aryl methyl sites for hydroxylation is 2. The van der Waals surface area contributed by atoms with E-state index in [1.807, 2.05) is 0 Å². The lowest BCUT2D eigenvalue weighted by Crippen LogP contribution is -2.34. The molecule has 10 heteroatoms. The van der Waals surface area contributed by atoms with Crippen molar-refractivity contribution < 1.29 is 22.8 Å². The molecule has 0 aliphatic carbocycles. The molecule has 160 valence electrons. The molecule has 0 aromatic heterocycles. The first-order valence-electron chi connectivity index (χ1n) is 9.24. The Labute approximate surface area is 175 Å². The van der Waals surface area contributed by atoms with Crippen LogP contribution in [0, 0.1) is 17.5 Å². The molecule has 2 heterocycles. The first kappa shape index (κ1) is 22.1. The van der Waals surface area contributed by atoms with Crippen LogP contribution in [0.4, 0.5) is 24.5 Å². The Kier molecular flexibility index (Phi) is 6.64. The number of fused-ring (bicyclic) bond motifs is 2. The van der Waals surface area contributed by atoms with E-state index in [9.17, 15) is 22.8 Å². The fourth-order valence-corrected chi connectivity index (χ4v) is 3.47. The summed E-state index contributed by atoms with van der Waals surface area (Å²) in [4.78, 5) is 22.7. The molecule has 2 aliphatic rings. The van der Waals surface area contributed by atoms with Crippen LogP contribution in [0.1, 0.15) is 24.0 Å². The number of hydrogen-bond acceptors (Lipinski definition) is 4. The minimum absolute atomic E-state index is 0.0503. The van der Waals surface area contributed by atoms with E-state index >= 15 is 0 Å². The van der Waals surface area contributed by atoms with Gasteiger partial charge in [-0.05, 0) is 55.0 Å². The molecule has 2 aromatic carbocycles. The van der Waals surface area contributed by atoms with E-state index in [1.54, 1.807) is 6.07 Å². The first-order chi connectivity index (χ1) is 14.2. The van der Waals surface area contributed by atoms with Crippen LogP contribution in [0.5, 0.6) is 0 Å². The predicted molar refractivity (Wildman–Crippen MR) is 108 cm³/mol. The number of nitrogens with one attached hydrogen (secondary N) is 2. The molecule has 0 saturated carbocycles. The monoisotopic (exact) mass is 440 g/mol. The van der Waals surface area contributed by atoms with E-state index in [0.29, 0.717) is 41.8 Å². The number of hydrogen-bond donors (Lipinski definition) is 4. The topological polar surface area (TPSA) is 110 Å². The number of anilines is 2. The summed E-state index contributed by atoms with van der Waals surface area (Å²) in [6.07, 6.45) is 1.83. The Hall–Kier alpha value is -2.62. The summed E-state index contributed by atoms with van der Waals surface area (Å²) in [5, 5.41) is 5.16. The lowest BCUT2D eigenvalue weighted by molar-refractivity contribution is -0.118. The molecule has 30 heavy (non-hydrogen) atoms. The van der Waals surface area contributed by atoms with Gasteiger partial charge >= 0.3 is 0 Å². The fourth-order valence-electron chi connectivity index (χ4n) is 3.24. The van der Waals surface area contributed by atoms with Gasteiger partial charge in [0.25, 0.3) is 0 Å². The third-order valence-electron chi connectivity index (χ3n) is 4.89. The third-order valence-corrected chi connectivity index (χ3v) is 5.11. The summed E-state index contributed by atoms with van der Waals surface area (Å²) in [5.41, 5.74) is 12.5. The van der Waals surface area contributed by atoms with E-state index in [1.165, 1.54) is 12.1 Å². The summed E-state index contributed by atoms with van der Waals surface area (Å²) >= 11 is 5.72. The maximum absolute atomic E-state index is 13.5. The second-order valence-electron chi connectivity index (χ2n) is 7.11. The zero-order valence-electron chi connectivity index (χ0n) is 15.8. The molecule has 2 aromatic rings. The van der Waals surface area contributed by atoms with Crippen LogP contribution in [-0.4, -0.2) is 23.9 Å². The van der Waals surface area contributed by atoms with E-state index in [2.05, 4.69) is 10.6 Å². The van der Waals surface area contributed by atoms with Crippen molar-refractivity contribution in [3.8, 4) is 0 Å². The van der Waals surface area contributed by atoms with Crippen molar-refractivity contribution in [2.75, 3.05) is 10.6 Å². The van der Waals surface area contributed by atoms with Crippen LogP contribution >= 0.6 is 11.6 Å². The lowest BCUT2D eigenvalue weighted by atomic mass is 10.1. The van der Waals surface area contributed by atoms with Crippen molar-refractivity contribution in [3.05, 3.63) is 57.9 Å². The zero-order valence-corrected chi connectivity index (χ0v) is 16.5. The van der Waals surface area contributed by atoms with Crippen molar-refractivity contribution in [2.24, 2.45) is 11.5 Å². The summed E-state index contributed by atoms with van der Waals surface area (Å²) < 4.78 is 39.7. The van der Waals surface area contributed by atoms with E-state index in [-0.39, 0.29) is 17.3 Å². The molecule has 0 spiro atoms. The Balaban J connectivity index is 0.000000171. The van der Waals surface area contributed by atoms with Gasteiger partial charge in [-0.1, -0.05) is 11.6 Å². The molecule has 6 nitrogen and oxygen atoms in total. The standard InChI is InChI=1S/C10H10ClFN2O.C10H10F2N2O/c2*11-6-3-5-1-2-8(13)10(15)14-9(5)7(12)4-6/h2*3-4,8H,1-2,13H2,(H,14,15)/t2*8-/m00/s1. The maximum atomic E-state index is 13.5. The molecule has 0 fully saturated rings. The number of halogens is 4. The van der Waals surface area contributed by atoms with Gasteiger partial charge in [0, 0.05) is 11.1 Å². The second-order valence-corrected chi connectivity index (χ2v) is 7.55. The number of carbonyl (C=O) groups is 2. The first-order valence-corrected chi connectivity index (χ1v) is 9.62. The molecule has 2 amide bonds. The molecule has 0 saturated heterocycles. The van der Waals surface area contributed by atoms with Crippen LogP contribution in [0.2, 0.25) is 5.02 Å². The molecular weight excluding hydrogens is 421 g/mol. The highest BCUT2D eigenvalue weighted by molar-refractivity contribution is 6.30. The molecular formula is C20H20ClF3N4O2. The van der Waals surface area contributed by atoms with Crippen LogP contribution in [-0.2, 0) is 22.4 Å². The highest BCUT2D eigenvalue weighted by Gasteiger charge is 2.24. The highest BCUT2D eigenvalue weighted by Crippen LogP contribution is 2.28. The third kappa shape index (κ3) is 4.92. The van der Waals surface area contributed by atoms with Crippen molar-refractivity contribution >= 4 is 34.8 Å². The van der Waals surface area contributed by atoms with Gasteiger partial charge in [0.15, 0.2) is 0 Å². The summed E-state index contributed by atoms with van der Waals surface area (Å²) in [5.74, 6) is -2.70. The Morgan fingerprint density at radius 3 is 1.80 bits per heavy atom. The SMILES string of the molecule is N[C@H]1CCc2cc(Cl)cc(F)c2NC1=O.N[C@H]1CCc2cc(F)cc(F)c2NC1=O. The largest absolute Gasteiger partial charge is 0.322 e. The molecule has 2 atom stereocenters. The Bertz CT molecular complexity index is 923. The van der Waals surface area contributed by atoms with Crippen molar-refractivity contribution in [1.29, 1.82) is 0 Å². The Morgan fingerprint density at radius 2 is 1.27 bits per heavy atom. The maximum Gasteiger partial charge on any atom is 0.241 e. The van der Waals surface area contributed by atoms with Crippen molar-refractivity contribution in [3.63, 3.8) is 0 Å². The molecule has 4 rings (SSSR count). The molecule has 0 bridgehead atoms. The average Bonchev–Trinajstić information content (AvgIpc) is 2.91. The second kappa shape index (κ2) is 9.03. The number of carbonyl (C=O) groups excluding carboxylic acids is 2.